The Balaban J connectivity index is 0.00000484. The highest BCUT2D eigenvalue weighted by molar-refractivity contribution is 14.0. The van der Waals surface area contributed by atoms with Crippen molar-refractivity contribution in [2.75, 3.05) is 45.8 Å². The Bertz CT molecular complexity index is 463. The summed E-state index contributed by atoms with van der Waals surface area (Å²) < 4.78 is 5.70. The third-order valence-corrected chi connectivity index (χ3v) is 4.06. The zero-order valence-electron chi connectivity index (χ0n) is 14.0. The molecule has 1 aromatic carbocycles. The number of guanidine groups is 1. The molecule has 0 spiro atoms. The van der Waals surface area contributed by atoms with E-state index in [1.807, 2.05) is 43.1 Å². The quantitative estimate of drug-likeness (QED) is 0.256. The van der Waals surface area contributed by atoms with Crippen LogP contribution < -0.4 is 10.1 Å². The largest absolute Gasteiger partial charge is 0.492 e. The Morgan fingerprint density at radius 2 is 2.17 bits per heavy atom. The molecule has 1 aromatic rings. The van der Waals surface area contributed by atoms with Crippen LogP contribution in [0.4, 0.5) is 0 Å². The Hall–Kier alpha value is -0.340. The van der Waals surface area contributed by atoms with Gasteiger partial charge in [-0.05, 0) is 43.0 Å². The van der Waals surface area contributed by atoms with Gasteiger partial charge in [0, 0.05) is 25.7 Å². The normalized spacial score (nSPS) is 10.9. The molecule has 0 aliphatic carbocycles. The van der Waals surface area contributed by atoms with Crippen LogP contribution in [0.2, 0.25) is 5.02 Å². The number of halogens is 2. The molecule has 132 valence electrons. The molecule has 1 rings (SSSR count). The highest BCUT2D eigenvalue weighted by atomic mass is 127. The number of likely N-dealkylation sites (N-methyl/N-ethyl adjacent to an activating group) is 1. The van der Waals surface area contributed by atoms with Gasteiger partial charge in [-0.1, -0.05) is 17.7 Å². The summed E-state index contributed by atoms with van der Waals surface area (Å²) in [5, 5.41) is 4.06. The second kappa shape index (κ2) is 14.0. The summed E-state index contributed by atoms with van der Waals surface area (Å²) in [4.78, 5) is 6.36. The lowest BCUT2D eigenvalue weighted by molar-refractivity contribution is 0.281. The van der Waals surface area contributed by atoms with Crippen LogP contribution in [-0.2, 0) is 0 Å². The molecule has 23 heavy (non-hydrogen) atoms. The first-order chi connectivity index (χ1) is 10.7. The van der Waals surface area contributed by atoms with Gasteiger partial charge in [-0.25, -0.2) is 0 Å². The molecular weight excluding hydrogens is 445 g/mol. The van der Waals surface area contributed by atoms with E-state index in [1.165, 1.54) is 12.2 Å². The van der Waals surface area contributed by atoms with Crippen molar-refractivity contribution in [2.24, 2.45) is 4.99 Å². The van der Waals surface area contributed by atoms with Gasteiger partial charge in [0.15, 0.2) is 5.96 Å². The van der Waals surface area contributed by atoms with Gasteiger partial charge in [-0.15, -0.1) is 24.0 Å². The SMILES string of the molecule is CN=C(NCCCCSC)N(C)CCOc1cccc(Cl)c1.I. The third kappa shape index (κ3) is 10.2. The Labute approximate surface area is 166 Å². The molecule has 0 aliphatic heterocycles. The van der Waals surface area contributed by atoms with Crippen molar-refractivity contribution in [3.8, 4) is 5.75 Å². The van der Waals surface area contributed by atoms with Gasteiger partial charge < -0.3 is 15.0 Å². The lowest BCUT2D eigenvalue weighted by Crippen LogP contribution is -2.41. The number of nitrogens with zero attached hydrogens (tertiary/aromatic N) is 2. The van der Waals surface area contributed by atoms with E-state index < -0.39 is 0 Å². The molecule has 7 heteroatoms. The first-order valence-electron chi connectivity index (χ1n) is 7.46. The maximum atomic E-state index is 5.93. The van der Waals surface area contributed by atoms with Crippen molar-refractivity contribution in [1.29, 1.82) is 0 Å². The van der Waals surface area contributed by atoms with Crippen molar-refractivity contribution in [1.82, 2.24) is 10.2 Å². The van der Waals surface area contributed by atoms with Gasteiger partial charge in [0.05, 0.1) is 6.54 Å². The topological polar surface area (TPSA) is 36.9 Å². The van der Waals surface area contributed by atoms with Crippen molar-refractivity contribution >= 4 is 53.3 Å². The number of thioether (sulfide) groups is 1. The molecule has 0 heterocycles. The number of hydrogen-bond donors (Lipinski definition) is 1. The van der Waals surface area contributed by atoms with Crippen LogP contribution in [0.1, 0.15) is 12.8 Å². The predicted octanol–water partition coefficient (Wildman–Crippen LogP) is 3.99. The van der Waals surface area contributed by atoms with Crippen molar-refractivity contribution in [3.63, 3.8) is 0 Å². The number of ether oxygens (including phenoxy) is 1. The van der Waals surface area contributed by atoms with Crippen LogP contribution in [0.25, 0.3) is 0 Å². The van der Waals surface area contributed by atoms with Crippen molar-refractivity contribution in [3.05, 3.63) is 29.3 Å². The van der Waals surface area contributed by atoms with E-state index in [1.54, 1.807) is 7.05 Å². The third-order valence-electron chi connectivity index (χ3n) is 3.12. The molecule has 0 unspecified atom stereocenters. The Kier molecular flexibility index (Phi) is 13.8. The van der Waals surface area contributed by atoms with Crippen LogP contribution >= 0.6 is 47.3 Å². The summed E-state index contributed by atoms with van der Waals surface area (Å²) in [5.74, 6) is 2.91. The number of rotatable bonds is 9. The van der Waals surface area contributed by atoms with Gasteiger partial charge >= 0.3 is 0 Å². The molecule has 0 aliphatic rings. The highest BCUT2D eigenvalue weighted by Crippen LogP contribution is 2.16. The van der Waals surface area contributed by atoms with Gasteiger partial charge in [-0.3, -0.25) is 4.99 Å². The summed E-state index contributed by atoms with van der Waals surface area (Å²) >= 11 is 7.82. The molecule has 1 N–H and O–H groups in total. The van der Waals surface area contributed by atoms with Crippen LogP contribution in [0.5, 0.6) is 5.75 Å². The average Bonchev–Trinajstić information content (AvgIpc) is 2.51. The summed E-state index contributed by atoms with van der Waals surface area (Å²) in [6, 6.07) is 7.45. The van der Waals surface area contributed by atoms with E-state index in [0.717, 1.165) is 31.2 Å². The van der Waals surface area contributed by atoms with Gasteiger partial charge in [-0.2, -0.15) is 11.8 Å². The maximum absolute atomic E-state index is 5.93. The van der Waals surface area contributed by atoms with Crippen molar-refractivity contribution in [2.45, 2.75) is 12.8 Å². The molecule has 0 radical (unpaired) electrons. The Morgan fingerprint density at radius 1 is 1.39 bits per heavy atom. The minimum atomic E-state index is 0. The standard InChI is InChI=1S/C16H26ClN3OS.HI/c1-18-16(19-9-4-5-12-22-3)20(2)10-11-21-15-8-6-7-14(17)13-15;/h6-8,13H,4-5,9-12H2,1-3H3,(H,18,19);1H. The first kappa shape index (κ1) is 22.7. The van der Waals surface area contributed by atoms with Crippen LogP contribution in [0.3, 0.4) is 0 Å². The fraction of sp³-hybridized carbons (Fsp3) is 0.562. The molecule has 0 fully saturated rings. The smallest absolute Gasteiger partial charge is 0.193 e. The number of benzene rings is 1. The molecular formula is C16H27ClIN3OS. The Morgan fingerprint density at radius 3 is 2.83 bits per heavy atom. The highest BCUT2D eigenvalue weighted by Gasteiger charge is 2.05. The van der Waals surface area contributed by atoms with Crippen LogP contribution in [0, 0.1) is 0 Å². The monoisotopic (exact) mass is 471 g/mol. The summed E-state index contributed by atoms with van der Waals surface area (Å²) in [7, 11) is 3.82. The zero-order valence-corrected chi connectivity index (χ0v) is 18.0. The summed E-state index contributed by atoms with van der Waals surface area (Å²) in [6.07, 6.45) is 4.53. The second-order valence-corrected chi connectivity index (χ2v) is 6.32. The van der Waals surface area contributed by atoms with E-state index >= 15 is 0 Å². The maximum Gasteiger partial charge on any atom is 0.193 e. The molecule has 0 aromatic heterocycles. The minimum absolute atomic E-state index is 0. The van der Waals surface area contributed by atoms with Gasteiger partial charge in [0.25, 0.3) is 0 Å². The van der Waals surface area contributed by atoms with E-state index in [-0.39, 0.29) is 24.0 Å². The van der Waals surface area contributed by atoms with E-state index in [4.69, 9.17) is 16.3 Å². The van der Waals surface area contributed by atoms with E-state index in [0.29, 0.717) is 11.6 Å². The first-order valence-corrected chi connectivity index (χ1v) is 9.23. The summed E-state index contributed by atoms with van der Waals surface area (Å²) in [6.45, 7) is 2.30. The van der Waals surface area contributed by atoms with Crippen LogP contribution in [-0.4, -0.2) is 56.7 Å². The molecule has 0 saturated carbocycles. The molecule has 0 amide bonds. The predicted molar refractivity (Wildman–Crippen MR) is 114 cm³/mol. The average molecular weight is 472 g/mol. The fourth-order valence-electron chi connectivity index (χ4n) is 1.92. The number of aliphatic imine (C=N–C) groups is 1. The number of nitrogens with one attached hydrogen (secondary N) is 1. The molecule has 0 saturated heterocycles. The molecule has 4 nitrogen and oxygen atoms in total. The number of unbranched alkanes of at least 4 members (excludes halogenated alkanes) is 1. The molecule has 0 atom stereocenters. The fourth-order valence-corrected chi connectivity index (χ4v) is 2.59. The lowest BCUT2D eigenvalue weighted by Gasteiger charge is -2.22. The lowest BCUT2D eigenvalue weighted by atomic mass is 10.3. The minimum Gasteiger partial charge on any atom is -0.492 e. The van der Waals surface area contributed by atoms with Gasteiger partial charge in [0.1, 0.15) is 12.4 Å². The van der Waals surface area contributed by atoms with Crippen LogP contribution in [0.15, 0.2) is 29.3 Å². The van der Waals surface area contributed by atoms with E-state index in [2.05, 4.69) is 21.5 Å². The zero-order chi connectivity index (χ0) is 16.2. The second-order valence-electron chi connectivity index (χ2n) is 4.90. The summed E-state index contributed by atoms with van der Waals surface area (Å²) in [5.41, 5.74) is 0. The van der Waals surface area contributed by atoms with Crippen molar-refractivity contribution < 1.29 is 4.74 Å². The molecule has 0 bridgehead atoms. The van der Waals surface area contributed by atoms with E-state index in [9.17, 15) is 0 Å². The van der Waals surface area contributed by atoms with Gasteiger partial charge in [0.2, 0.25) is 0 Å². The number of hydrogen-bond acceptors (Lipinski definition) is 3.